The minimum absolute atomic E-state index is 0.00935. The van der Waals surface area contributed by atoms with E-state index < -0.39 is 339 Å². The van der Waals surface area contributed by atoms with Crippen LogP contribution in [0.1, 0.15) is 173 Å². The first-order valence-corrected chi connectivity index (χ1v) is 42.7. The van der Waals surface area contributed by atoms with E-state index in [0.29, 0.717) is 24.8 Å². The monoisotopic (exact) mass is 1880 g/mol. The molecule has 1 aromatic carbocycles. The number of aliphatic hydroxyl groups excluding tert-OH is 3. The summed E-state index contributed by atoms with van der Waals surface area (Å²) < 4.78 is 0. The van der Waals surface area contributed by atoms with Crippen molar-refractivity contribution in [2.75, 3.05) is 19.6 Å². The number of carbonyl (C=O) groups excluding carboxylic acids is 21. The topological polar surface area (TPSA) is 854 Å². The van der Waals surface area contributed by atoms with Gasteiger partial charge in [0.15, 0.2) is 0 Å². The van der Waals surface area contributed by atoms with Gasteiger partial charge in [0.05, 0.1) is 50.3 Å². The van der Waals surface area contributed by atoms with Crippen LogP contribution in [-0.4, -0.2) is 296 Å². The van der Waals surface area contributed by atoms with Crippen LogP contribution in [0, 0.1) is 23.7 Å². The number of nitrogens with two attached hydrogens (primary N) is 6. The number of hydrogen-bond donors (Lipinski definition) is 28. The summed E-state index contributed by atoms with van der Waals surface area (Å²) in [5.74, 6) is -30.1. The van der Waals surface area contributed by atoms with Crippen molar-refractivity contribution in [2.24, 2.45) is 58.1 Å². The van der Waals surface area contributed by atoms with Crippen molar-refractivity contribution in [3.8, 4) is 0 Å². The van der Waals surface area contributed by atoms with Crippen molar-refractivity contribution in [1.29, 1.82) is 0 Å². The Kier molecular flexibility index (Phi) is 51.8. The molecule has 0 spiro atoms. The summed E-state index contributed by atoms with van der Waals surface area (Å²) in [5.41, 5.74) is 33.4. The van der Waals surface area contributed by atoms with Gasteiger partial charge in [-0.05, 0) is 109 Å². The van der Waals surface area contributed by atoms with Crippen LogP contribution in [0.5, 0.6) is 0 Å². The second-order valence-corrected chi connectivity index (χ2v) is 32.8. The molecule has 0 saturated carbocycles. The molecule has 0 bridgehead atoms. The van der Waals surface area contributed by atoms with Crippen LogP contribution in [0.15, 0.2) is 30.3 Å². The highest BCUT2D eigenvalue weighted by Gasteiger charge is 2.42. The van der Waals surface area contributed by atoms with Crippen LogP contribution in [0.4, 0.5) is 0 Å². The molecule has 1 rings (SSSR count). The van der Waals surface area contributed by atoms with E-state index >= 15 is 0 Å². The lowest BCUT2D eigenvalue weighted by atomic mass is 9.97. The van der Waals surface area contributed by atoms with Gasteiger partial charge in [-0.2, -0.15) is 0 Å². The molecular formula is C81H133N23O28. The molecule has 0 aliphatic carbocycles. The predicted molar refractivity (Wildman–Crippen MR) is 465 cm³/mol. The van der Waals surface area contributed by atoms with E-state index in [4.69, 9.17) is 34.4 Å². The second kappa shape index (κ2) is 58.5. The Morgan fingerprint density at radius 2 is 0.629 bits per heavy atom. The van der Waals surface area contributed by atoms with Gasteiger partial charge in [-0.3, -0.25) is 110 Å². The Morgan fingerprint density at radius 3 is 1.02 bits per heavy atom. The highest BCUT2D eigenvalue weighted by atomic mass is 16.4. The Balaban J connectivity index is 3.55. The molecule has 132 heavy (non-hydrogen) atoms. The number of nitrogens with one attached hydrogen (secondary N) is 17. The van der Waals surface area contributed by atoms with E-state index in [2.05, 4.69) is 90.4 Å². The highest BCUT2D eigenvalue weighted by Crippen LogP contribution is 2.16. The number of hydrogen-bond acceptors (Lipinski definition) is 28. The van der Waals surface area contributed by atoms with Crippen molar-refractivity contribution in [3.05, 3.63) is 35.9 Å². The van der Waals surface area contributed by atoms with Gasteiger partial charge in [0.1, 0.15) is 90.6 Å². The maximum Gasteiger partial charge on any atom is 0.325 e. The predicted octanol–water partition coefficient (Wildman–Crippen LogP) is -11.4. The van der Waals surface area contributed by atoms with Gasteiger partial charge in [-0.15, -0.1) is 0 Å². The Hall–Kier alpha value is -13.2. The molecule has 0 aliphatic rings. The smallest absolute Gasteiger partial charge is 0.325 e. The molecule has 1 aromatic rings. The number of carboxylic acid groups (broad SMARTS) is 2. The minimum Gasteiger partial charge on any atom is -0.481 e. The van der Waals surface area contributed by atoms with E-state index in [0.717, 1.165) is 20.8 Å². The molecule has 51 heteroatoms. The molecule has 0 saturated heterocycles. The van der Waals surface area contributed by atoms with Gasteiger partial charge in [0.2, 0.25) is 124 Å². The third-order valence-corrected chi connectivity index (χ3v) is 20.2. The van der Waals surface area contributed by atoms with Gasteiger partial charge >= 0.3 is 11.9 Å². The van der Waals surface area contributed by atoms with E-state index in [-0.39, 0.29) is 19.4 Å². The summed E-state index contributed by atoms with van der Waals surface area (Å²) in [4.78, 5) is 308. The van der Waals surface area contributed by atoms with E-state index in [9.17, 15) is 136 Å². The van der Waals surface area contributed by atoms with E-state index in [1.165, 1.54) is 55.4 Å². The molecule has 51 nitrogen and oxygen atoms in total. The normalized spacial score (nSPS) is 15.7. The Bertz CT molecular complexity index is 4190. The van der Waals surface area contributed by atoms with Crippen molar-refractivity contribution >= 4 is 136 Å². The number of rotatable bonds is 62. The first-order valence-electron chi connectivity index (χ1n) is 42.7. The number of unbranched alkanes of at least 4 members (excludes halogenated alkanes) is 1. The number of primary amides is 4. The number of carbonyl (C=O) groups is 23. The maximum atomic E-state index is 14.4. The van der Waals surface area contributed by atoms with Gasteiger partial charge in [0, 0.05) is 25.7 Å². The molecule has 0 aliphatic heterocycles. The molecule has 20 atom stereocenters. The van der Waals surface area contributed by atoms with Crippen LogP contribution in [0.3, 0.4) is 0 Å². The summed E-state index contributed by atoms with van der Waals surface area (Å²) in [6.07, 6.45) is -10.6. The number of carboxylic acids is 2. The number of aliphatic carboxylic acids is 2. The molecule has 0 radical (unpaired) electrons. The third-order valence-electron chi connectivity index (χ3n) is 20.2. The summed E-state index contributed by atoms with van der Waals surface area (Å²) in [5, 5.41) is 90.9. The fourth-order valence-electron chi connectivity index (χ4n) is 12.4. The first kappa shape index (κ1) is 117. The zero-order chi connectivity index (χ0) is 101. The van der Waals surface area contributed by atoms with Crippen molar-refractivity contribution in [2.45, 2.75) is 288 Å². The Morgan fingerprint density at radius 1 is 0.326 bits per heavy atom. The third kappa shape index (κ3) is 43.0. The summed E-state index contributed by atoms with van der Waals surface area (Å²) in [6.45, 7) is 15.9. The van der Waals surface area contributed by atoms with Crippen LogP contribution >= 0.6 is 0 Å². The van der Waals surface area contributed by atoms with E-state index in [1.807, 2.05) is 0 Å². The number of amides is 21. The maximum absolute atomic E-state index is 14.4. The molecule has 34 N–H and O–H groups in total. The second-order valence-electron chi connectivity index (χ2n) is 32.8. The van der Waals surface area contributed by atoms with Crippen molar-refractivity contribution < 1.29 is 136 Å². The average Bonchev–Trinajstić information content (AvgIpc) is 0.838. The lowest BCUT2D eigenvalue weighted by Crippen LogP contribution is -2.63. The van der Waals surface area contributed by atoms with Gasteiger partial charge in [-0.25, -0.2) is 0 Å². The first-order chi connectivity index (χ1) is 61.5. The van der Waals surface area contributed by atoms with Crippen LogP contribution in [0.25, 0.3) is 0 Å². The summed E-state index contributed by atoms with van der Waals surface area (Å²) in [7, 11) is 0. The summed E-state index contributed by atoms with van der Waals surface area (Å²) >= 11 is 0. The lowest BCUT2D eigenvalue weighted by Gasteiger charge is -2.30. The summed E-state index contributed by atoms with van der Waals surface area (Å²) in [6, 6.07) is -18.9. The molecule has 0 heterocycles. The largest absolute Gasteiger partial charge is 0.481 e. The SMILES string of the molecule is CC[C@H](C)[C@H](NC(=O)[C@H](C)N)C(=O)N[C@H](C(=O)N[C@@H](Cc1ccccc1)C(=O)N[C@H](C(=O)N[C@H](C(=O)N[C@@H](CC(N)=O)C(=O)N[C@@H](CCC(=O)O)C(=O)N[C@@H](CCC(N)=O)C(=O)NCC(=O)N[C@@H](CCC(N)=O)C(=O)N[C@H](C(=O)N[C@H](C(=O)N[C@H](C(=O)N[C@@H](CC(N)=O)C(=O)NCC(=O)N[C@@H](CCCCN)C(=O)N[C@@H](C)C(=O)O)C(C)C)[C@@H](C)O)C(C)C)C(C)C)[C@@H](C)O)[C@@H](C)O. The quantitative estimate of drug-likeness (QED) is 0.0269. The molecule has 0 aromatic heterocycles. The number of benzene rings is 1. The van der Waals surface area contributed by atoms with Gasteiger partial charge in [-0.1, -0.05) is 92.1 Å². The standard InChI is InChI=1S/C81H133N23O28/c1-14-38(8)62(101-66(116)39(9)83)77(127)104-63(41(11)105)78(128)95-49(30-44-20-16-15-17-21-44)73(123)102-64(42(12)106)79(129)99-60(36(4)5)75(125)97-51(32-55(87)111)72(122)94-48(25-28-58(114)115)70(120)93-46(23-26-52(84)108)67(117)88-33-57(113)92-47(24-27-53(85)109)71(121)98-61(37(6)7)76(126)103-65(43(13)107)80(130)100-59(35(2)3)74(124)96-50(31-54(86)110)68(118)89-34-56(112)91-45(22-18-19-29-82)69(119)90-40(10)81(131)132/h15-17,20-21,35-43,45-51,59-65,105-107H,14,18-19,22-34,82-83H2,1-13H3,(H2,84,108)(H2,85,109)(H2,86,110)(H2,87,111)(H,88,117)(H,89,118)(H,90,119)(H,91,112)(H,92,113)(H,93,120)(H,94,122)(H,95,128)(H,96,124)(H,97,125)(H,98,121)(H,99,129)(H,100,130)(H,101,116)(H,102,123)(H,103,126)(H,104,127)(H,114,115)(H,131,132)/t38-,39-,40-,41+,42+,43+,45-,46-,47-,48-,49-,50-,51-,59-,60-,61-,62-,63-,64-,65-/m0/s1. The number of aliphatic hydroxyl groups is 3. The molecule has 21 amide bonds. The van der Waals surface area contributed by atoms with Crippen molar-refractivity contribution in [1.82, 2.24) is 90.4 Å². The minimum atomic E-state index is -2.08. The van der Waals surface area contributed by atoms with E-state index in [1.54, 1.807) is 44.2 Å². The van der Waals surface area contributed by atoms with Gasteiger partial charge < -0.3 is 150 Å². The fourth-order valence-corrected chi connectivity index (χ4v) is 12.4. The molecular weight excluding hydrogens is 1740 g/mol. The van der Waals surface area contributed by atoms with Crippen LogP contribution in [0.2, 0.25) is 0 Å². The Labute approximate surface area is 761 Å². The van der Waals surface area contributed by atoms with Crippen LogP contribution in [-0.2, 0) is 117 Å². The van der Waals surface area contributed by atoms with Crippen molar-refractivity contribution in [3.63, 3.8) is 0 Å². The fraction of sp³-hybridized carbons (Fsp3) is 0.642. The zero-order valence-corrected chi connectivity index (χ0v) is 76.1. The highest BCUT2D eigenvalue weighted by molar-refractivity contribution is 6.03. The molecule has 0 unspecified atom stereocenters. The zero-order valence-electron chi connectivity index (χ0n) is 76.1. The molecule has 740 valence electrons. The van der Waals surface area contributed by atoms with Gasteiger partial charge in [0.25, 0.3) is 0 Å². The average molecular weight is 1880 g/mol. The molecule has 0 fully saturated rings. The van der Waals surface area contributed by atoms with Crippen LogP contribution < -0.4 is 125 Å². The lowest BCUT2D eigenvalue weighted by molar-refractivity contribution is -0.142.